The molecule has 1 atom stereocenters. The summed E-state index contributed by atoms with van der Waals surface area (Å²) < 4.78 is 1.71. The van der Waals surface area contributed by atoms with Crippen LogP contribution in [-0.4, -0.2) is 59.8 Å². The van der Waals surface area contributed by atoms with Gasteiger partial charge in [-0.15, -0.1) is 0 Å². The highest BCUT2D eigenvalue weighted by Crippen LogP contribution is 2.34. The fourth-order valence-electron chi connectivity index (χ4n) is 4.10. The van der Waals surface area contributed by atoms with Crippen LogP contribution in [0.15, 0.2) is 48.9 Å². The molecule has 4 heterocycles. The number of carboxylic acid groups (broad SMARTS) is 1. The van der Waals surface area contributed by atoms with Gasteiger partial charge < -0.3 is 21.1 Å². The van der Waals surface area contributed by atoms with Gasteiger partial charge in [-0.05, 0) is 30.7 Å². The molecule has 12 heteroatoms. The topological polar surface area (TPSA) is 176 Å². The monoisotopic (exact) mass is 469 g/mol. The van der Waals surface area contributed by atoms with Crippen LogP contribution in [0.2, 0.25) is 0 Å². The summed E-state index contributed by atoms with van der Waals surface area (Å²) in [4.78, 5) is 37.9. The van der Waals surface area contributed by atoms with E-state index < -0.39 is 6.09 Å². The summed E-state index contributed by atoms with van der Waals surface area (Å²) in [6.07, 6.45) is 2.44. The molecule has 0 bridgehead atoms. The van der Waals surface area contributed by atoms with Crippen molar-refractivity contribution in [2.24, 2.45) is 0 Å². The molecule has 1 aromatic carbocycles. The number of pyridine rings is 1. The van der Waals surface area contributed by atoms with Gasteiger partial charge in [-0.2, -0.15) is 10.4 Å². The first kappa shape index (κ1) is 21.8. The van der Waals surface area contributed by atoms with Crippen LogP contribution in [0.4, 0.5) is 16.4 Å². The Morgan fingerprint density at radius 2 is 1.97 bits per heavy atom. The number of likely N-dealkylation sites (tertiary alicyclic amines) is 1. The SMILES string of the molecule is N#Cc1ccnc(NC(=O)c2ccc(-c3nn(C4CCN(C(=O)O)C4)c4ncnc(N)c34)cc2)c1. The zero-order valence-electron chi connectivity index (χ0n) is 18.3. The van der Waals surface area contributed by atoms with Crippen molar-refractivity contribution in [1.82, 2.24) is 29.6 Å². The molecule has 2 amide bonds. The Kier molecular flexibility index (Phi) is 5.42. The molecular weight excluding hydrogens is 450 g/mol. The molecule has 4 aromatic rings. The predicted molar refractivity (Wildman–Crippen MR) is 125 cm³/mol. The van der Waals surface area contributed by atoms with Crippen molar-refractivity contribution < 1.29 is 14.7 Å². The Hall–Kier alpha value is -5.05. The number of benzene rings is 1. The summed E-state index contributed by atoms with van der Waals surface area (Å²) >= 11 is 0. The van der Waals surface area contributed by atoms with Gasteiger partial charge in [0, 0.05) is 30.4 Å². The average Bonchev–Trinajstić information content (AvgIpc) is 3.50. The van der Waals surface area contributed by atoms with Crippen molar-refractivity contribution in [3.63, 3.8) is 0 Å². The number of amides is 2. The Labute approximate surface area is 198 Å². The van der Waals surface area contributed by atoms with Gasteiger partial charge in [0.2, 0.25) is 0 Å². The fraction of sp³-hybridized carbons (Fsp3) is 0.174. The normalized spacial score (nSPS) is 15.2. The molecule has 12 nitrogen and oxygen atoms in total. The lowest BCUT2D eigenvalue weighted by molar-refractivity contribution is 0.102. The molecule has 4 N–H and O–H groups in total. The van der Waals surface area contributed by atoms with Crippen molar-refractivity contribution in [3.8, 4) is 17.3 Å². The van der Waals surface area contributed by atoms with Crippen LogP contribution in [0.3, 0.4) is 0 Å². The Morgan fingerprint density at radius 3 is 2.69 bits per heavy atom. The van der Waals surface area contributed by atoms with Gasteiger partial charge in [0.15, 0.2) is 5.65 Å². The van der Waals surface area contributed by atoms with Gasteiger partial charge in [-0.1, -0.05) is 12.1 Å². The average molecular weight is 469 g/mol. The number of fused-ring (bicyclic) bond motifs is 1. The van der Waals surface area contributed by atoms with Gasteiger partial charge in [0.25, 0.3) is 5.91 Å². The quantitative estimate of drug-likeness (QED) is 0.405. The van der Waals surface area contributed by atoms with E-state index in [0.717, 1.165) is 0 Å². The summed E-state index contributed by atoms with van der Waals surface area (Å²) in [7, 11) is 0. The van der Waals surface area contributed by atoms with Gasteiger partial charge >= 0.3 is 6.09 Å². The zero-order valence-corrected chi connectivity index (χ0v) is 18.3. The molecule has 5 rings (SSSR count). The number of aromatic nitrogens is 5. The molecule has 3 aromatic heterocycles. The maximum absolute atomic E-state index is 12.6. The number of hydrogen-bond acceptors (Lipinski definition) is 8. The molecule has 35 heavy (non-hydrogen) atoms. The second-order valence-corrected chi connectivity index (χ2v) is 7.99. The number of nitrogens with zero attached hydrogens (tertiary/aromatic N) is 7. The van der Waals surface area contributed by atoms with Crippen LogP contribution in [0.1, 0.15) is 28.4 Å². The highest BCUT2D eigenvalue weighted by molar-refractivity contribution is 6.04. The molecule has 174 valence electrons. The third kappa shape index (κ3) is 4.06. The summed E-state index contributed by atoms with van der Waals surface area (Å²) in [5.41, 5.74) is 8.71. The second-order valence-electron chi connectivity index (χ2n) is 7.99. The Bertz CT molecular complexity index is 1490. The minimum absolute atomic E-state index is 0.182. The first-order chi connectivity index (χ1) is 16.9. The minimum atomic E-state index is -0.971. The number of carbonyl (C=O) groups excluding carboxylic acids is 1. The van der Waals surface area contributed by atoms with E-state index in [1.165, 1.54) is 23.5 Å². The van der Waals surface area contributed by atoms with Crippen molar-refractivity contribution in [2.45, 2.75) is 12.5 Å². The molecule has 1 aliphatic heterocycles. The van der Waals surface area contributed by atoms with Gasteiger partial charge in [-0.25, -0.2) is 24.4 Å². The molecule has 0 radical (unpaired) electrons. The molecule has 1 fully saturated rings. The second kappa shape index (κ2) is 8.71. The predicted octanol–water partition coefficient (Wildman–Crippen LogP) is 2.52. The minimum Gasteiger partial charge on any atom is -0.465 e. The summed E-state index contributed by atoms with van der Waals surface area (Å²) in [5.74, 6) is 0.159. The summed E-state index contributed by atoms with van der Waals surface area (Å²) in [6.45, 7) is 0.711. The van der Waals surface area contributed by atoms with E-state index in [2.05, 4.69) is 20.3 Å². The number of nitrogens with one attached hydrogen (secondary N) is 1. The van der Waals surface area contributed by atoms with E-state index in [0.29, 0.717) is 52.9 Å². The molecule has 0 aliphatic carbocycles. The molecule has 0 spiro atoms. The number of rotatable bonds is 4. The van der Waals surface area contributed by atoms with Gasteiger partial charge in [0.1, 0.15) is 23.7 Å². The maximum Gasteiger partial charge on any atom is 0.407 e. The lowest BCUT2D eigenvalue weighted by Crippen LogP contribution is -2.27. The largest absolute Gasteiger partial charge is 0.465 e. The van der Waals surface area contributed by atoms with E-state index in [4.69, 9.17) is 16.1 Å². The highest BCUT2D eigenvalue weighted by Gasteiger charge is 2.30. The number of hydrogen-bond donors (Lipinski definition) is 3. The number of carbonyl (C=O) groups is 2. The van der Waals surface area contributed by atoms with E-state index in [-0.39, 0.29) is 23.6 Å². The van der Waals surface area contributed by atoms with E-state index in [1.807, 2.05) is 6.07 Å². The smallest absolute Gasteiger partial charge is 0.407 e. The first-order valence-electron chi connectivity index (χ1n) is 10.7. The number of anilines is 2. The summed E-state index contributed by atoms with van der Waals surface area (Å²) in [5, 5.41) is 26.3. The maximum atomic E-state index is 12.6. The van der Waals surface area contributed by atoms with Crippen molar-refractivity contribution in [2.75, 3.05) is 24.1 Å². The van der Waals surface area contributed by atoms with E-state index in [9.17, 15) is 14.7 Å². The van der Waals surface area contributed by atoms with Crippen LogP contribution < -0.4 is 11.1 Å². The van der Waals surface area contributed by atoms with Crippen LogP contribution in [0, 0.1) is 11.3 Å². The van der Waals surface area contributed by atoms with Crippen LogP contribution in [0.5, 0.6) is 0 Å². The van der Waals surface area contributed by atoms with Crippen molar-refractivity contribution in [1.29, 1.82) is 5.26 Å². The number of nitrogen functional groups attached to an aromatic ring is 1. The first-order valence-corrected chi connectivity index (χ1v) is 10.7. The number of nitriles is 1. The highest BCUT2D eigenvalue weighted by atomic mass is 16.4. The Balaban J connectivity index is 1.45. The molecule has 1 unspecified atom stereocenters. The Morgan fingerprint density at radius 1 is 1.17 bits per heavy atom. The molecule has 1 saturated heterocycles. The van der Waals surface area contributed by atoms with E-state index in [1.54, 1.807) is 35.0 Å². The van der Waals surface area contributed by atoms with Crippen molar-refractivity contribution >= 4 is 34.7 Å². The zero-order chi connectivity index (χ0) is 24.5. The van der Waals surface area contributed by atoms with Gasteiger partial charge in [0.05, 0.1) is 23.1 Å². The molecular formula is C23H19N9O3. The lowest BCUT2D eigenvalue weighted by atomic mass is 10.1. The standard InChI is InChI=1S/C23H19N9O3/c24-10-13-5-7-26-17(9-13)29-22(33)15-3-1-14(2-4-15)19-18-20(25)27-12-28-21(18)32(30-19)16-6-8-31(11-16)23(34)35/h1-5,7,9,12,16H,6,8,11H2,(H,34,35)(H2,25,27,28)(H,26,29,33). The van der Waals surface area contributed by atoms with Crippen LogP contribution >= 0.6 is 0 Å². The third-order valence-corrected chi connectivity index (χ3v) is 5.85. The van der Waals surface area contributed by atoms with Crippen molar-refractivity contribution in [3.05, 3.63) is 60.0 Å². The molecule has 1 aliphatic rings. The number of nitrogens with two attached hydrogens (primary N) is 1. The van der Waals surface area contributed by atoms with Crippen LogP contribution in [0.25, 0.3) is 22.3 Å². The summed E-state index contributed by atoms with van der Waals surface area (Å²) in [6, 6.07) is 11.6. The fourth-order valence-corrected chi connectivity index (χ4v) is 4.10. The third-order valence-electron chi connectivity index (χ3n) is 5.85. The van der Waals surface area contributed by atoms with Crippen LogP contribution in [-0.2, 0) is 0 Å². The lowest BCUT2D eigenvalue weighted by Gasteiger charge is -2.13. The van der Waals surface area contributed by atoms with E-state index >= 15 is 0 Å². The van der Waals surface area contributed by atoms with Gasteiger partial charge in [-0.3, -0.25) is 4.79 Å². The molecule has 0 saturated carbocycles.